The van der Waals surface area contributed by atoms with Crippen molar-refractivity contribution >= 4 is 10.9 Å². The third kappa shape index (κ3) is 2.24. The van der Waals surface area contributed by atoms with Gasteiger partial charge in [-0.05, 0) is 53.8 Å². The Hall–Kier alpha value is -1.24. The molecule has 1 aliphatic carbocycles. The number of nitrogens with one attached hydrogen (secondary N) is 1. The second-order valence-corrected chi connectivity index (χ2v) is 5.63. The van der Waals surface area contributed by atoms with Gasteiger partial charge in [0.05, 0.1) is 0 Å². The van der Waals surface area contributed by atoms with Crippen LogP contribution in [0.3, 0.4) is 0 Å². The number of aromatic nitrogens is 1. The van der Waals surface area contributed by atoms with Gasteiger partial charge in [0.15, 0.2) is 0 Å². The summed E-state index contributed by atoms with van der Waals surface area (Å²) in [5.74, 6) is 1.72. The summed E-state index contributed by atoms with van der Waals surface area (Å²) in [6.45, 7) is 2.40. The fourth-order valence-electron chi connectivity index (χ4n) is 3.15. The first-order chi connectivity index (χ1) is 8.33. The molecule has 17 heavy (non-hydrogen) atoms. The van der Waals surface area contributed by atoms with Crippen LogP contribution in [0.1, 0.15) is 50.5 Å². The van der Waals surface area contributed by atoms with Crippen LogP contribution in [0, 0.1) is 5.92 Å². The molecular formula is C16H21N. The molecule has 1 nitrogen and oxygen atoms in total. The number of hydrogen-bond acceptors (Lipinski definition) is 0. The smallest absolute Gasteiger partial charge is 0.0454 e. The first kappa shape index (κ1) is 10.9. The molecule has 3 rings (SSSR count). The average molecular weight is 227 g/mol. The molecule has 2 unspecified atom stereocenters. The van der Waals surface area contributed by atoms with Crippen LogP contribution in [0.25, 0.3) is 10.9 Å². The molecule has 2 aromatic rings. The predicted molar refractivity (Wildman–Crippen MR) is 73.3 cm³/mol. The van der Waals surface area contributed by atoms with Gasteiger partial charge >= 0.3 is 0 Å². The zero-order valence-corrected chi connectivity index (χ0v) is 10.6. The van der Waals surface area contributed by atoms with E-state index in [0.29, 0.717) is 0 Å². The molecule has 0 radical (unpaired) electrons. The molecule has 1 N–H and O–H groups in total. The van der Waals surface area contributed by atoms with E-state index in [1.807, 2.05) is 6.20 Å². The van der Waals surface area contributed by atoms with Crippen molar-refractivity contribution in [3.8, 4) is 0 Å². The first-order valence-electron chi connectivity index (χ1n) is 6.90. The largest absolute Gasteiger partial charge is 0.361 e. The third-order valence-electron chi connectivity index (χ3n) is 4.31. The van der Waals surface area contributed by atoms with Crippen molar-refractivity contribution in [1.29, 1.82) is 0 Å². The molecule has 1 aromatic carbocycles. The van der Waals surface area contributed by atoms with Crippen LogP contribution < -0.4 is 0 Å². The Morgan fingerprint density at radius 1 is 1.06 bits per heavy atom. The molecule has 0 amide bonds. The van der Waals surface area contributed by atoms with Crippen LogP contribution in [-0.4, -0.2) is 4.98 Å². The molecule has 0 bridgehead atoms. The van der Waals surface area contributed by atoms with Crippen molar-refractivity contribution in [2.45, 2.75) is 44.9 Å². The molecule has 0 spiro atoms. The Kier molecular flexibility index (Phi) is 2.92. The minimum absolute atomic E-state index is 0.791. The first-order valence-corrected chi connectivity index (χ1v) is 6.90. The summed E-state index contributed by atoms with van der Waals surface area (Å²) < 4.78 is 0. The highest BCUT2D eigenvalue weighted by atomic mass is 14.7. The maximum atomic E-state index is 3.27. The number of benzene rings is 1. The summed E-state index contributed by atoms with van der Waals surface area (Å²) in [5.41, 5.74) is 2.81. The van der Waals surface area contributed by atoms with Crippen molar-refractivity contribution < 1.29 is 0 Å². The van der Waals surface area contributed by atoms with Gasteiger partial charge in [-0.1, -0.05) is 32.3 Å². The highest BCUT2D eigenvalue weighted by Gasteiger charge is 2.17. The van der Waals surface area contributed by atoms with Gasteiger partial charge in [-0.3, -0.25) is 0 Å². The quantitative estimate of drug-likeness (QED) is 0.670. The average Bonchev–Trinajstić information content (AvgIpc) is 2.70. The van der Waals surface area contributed by atoms with E-state index >= 15 is 0 Å². The van der Waals surface area contributed by atoms with E-state index in [0.717, 1.165) is 11.8 Å². The summed E-state index contributed by atoms with van der Waals surface area (Å²) in [7, 11) is 0. The number of H-pyrrole nitrogens is 1. The summed E-state index contributed by atoms with van der Waals surface area (Å²) in [4.78, 5) is 3.27. The van der Waals surface area contributed by atoms with Crippen molar-refractivity contribution in [3.63, 3.8) is 0 Å². The lowest BCUT2D eigenvalue weighted by Crippen LogP contribution is -1.97. The highest BCUT2D eigenvalue weighted by Crippen LogP contribution is 2.34. The topological polar surface area (TPSA) is 15.8 Å². The van der Waals surface area contributed by atoms with Crippen LogP contribution in [0.15, 0.2) is 30.5 Å². The van der Waals surface area contributed by atoms with Crippen LogP contribution in [0.5, 0.6) is 0 Å². The van der Waals surface area contributed by atoms with E-state index in [1.54, 1.807) is 5.56 Å². The van der Waals surface area contributed by atoms with Gasteiger partial charge in [0.25, 0.3) is 0 Å². The van der Waals surface area contributed by atoms with Gasteiger partial charge in [-0.25, -0.2) is 0 Å². The fraction of sp³-hybridized carbons (Fsp3) is 0.500. The fourth-order valence-corrected chi connectivity index (χ4v) is 3.15. The maximum absolute atomic E-state index is 3.27. The second kappa shape index (κ2) is 4.56. The molecule has 1 heterocycles. The van der Waals surface area contributed by atoms with E-state index in [9.17, 15) is 0 Å². The number of hydrogen-bond donors (Lipinski definition) is 1. The molecule has 0 aliphatic heterocycles. The predicted octanol–water partition coefficient (Wildman–Crippen LogP) is 4.85. The lowest BCUT2D eigenvalue weighted by molar-refractivity contribution is 0.499. The molecule has 1 aromatic heterocycles. The van der Waals surface area contributed by atoms with Gasteiger partial charge in [0.1, 0.15) is 0 Å². The van der Waals surface area contributed by atoms with E-state index < -0.39 is 0 Å². The maximum Gasteiger partial charge on any atom is 0.0454 e. The summed E-state index contributed by atoms with van der Waals surface area (Å²) in [5, 5.41) is 1.36. The van der Waals surface area contributed by atoms with E-state index in [-0.39, 0.29) is 0 Å². The van der Waals surface area contributed by atoms with Crippen LogP contribution in [0.2, 0.25) is 0 Å². The van der Waals surface area contributed by atoms with E-state index in [2.05, 4.69) is 36.2 Å². The Morgan fingerprint density at radius 2 is 2.00 bits per heavy atom. The third-order valence-corrected chi connectivity index (χ3v) is 4.31. The highest BCUT2D eigenvalue weighted by molar-refractivity contribution is 5.80. The van der Waals surface area contributed by atoms with Gasteiger partial charge in [0.2, 0.25) is 0 Å². The Balaban J connectivity index is 1.86. The van der Waals surface area contributed by atoms with Crippen LogP contribution in [-0.2, 0) is 0 Å². The summed E-state index contributed by atoms with van der Waals surface area (Å²) in [6, 6.07) is 9.11. The summed E-state index contributed by atoms with van der Waals surface area (Å²) >= 11 is 0. The Bertz CT molecular complexity index is 497. The normalized spacial score (nSPS) is 25.9. The minimum atomic E-state index is 0.791. The van der Waals surface area contributed by atoms with Crippen molar-refractivity contribution in [3.05, 3.63) is 36.0 Å². The molecule has 1 saturated carbocycles. The standard InChI is InChI=1S/C16H21N/c1-12-3-2-4-13(6-5-12)14-7-8-16-15(11-14)9-10-17-16/h7-13,17H,2-6H2,1H3. The molecule has 1 heteroatoms. The van der Waals surface area contributed by atoms with E-state index in [4.69, 9.17) is 0 Å². The zero-order valence-electron chi connectivity index (χ0n) is 10.6. The lowest BCUT2D eigenvalue weighted by Gasteiger charge is -2.14. The minimum Gasteiger partial charge on any atom is -0.361 e. The zero-order chi connectivity index (χ0) is 11.7. The molecule has 2 atom stereocenters. The van der Waals surface area contributed by atoms with Gasteiger partial charge in [0, 0.05) is 11.7 Å². The SMILES string of the molecule is CC1CCCC(c2ccc3[nH]ccc3c2)CC1. The Labute approximate surface area is 103 Å². The molecule has 1 aliphatic rings. The van der Waals surface area contributed by atoms with E-state index in [1.165, 1.54) is 43.0 Å². The van der Waals surface area contributed by atoms with Gasteiger partial charge in [-0.2, -0.15) is 0 Å². The van der Waals surface area contributed by atoms with Crippen LogP contribution in [0.4, 0.5) is 0 Å². The molecule has 1 fully saturated rings. The number of fused-ring (bicyclic) bond motifs is 1. The lowest BCUT2D eigenvalue weighted by atomic mass is 9.91. The number of rotatable bonds is 1. The van der Waals surface area contributed by atoms with Crippen molar-refractivity contribution in [2.75, 3.05) is 0 Å². The molecular weight excluding hydrogens is 206 g/mol. The van der Waals surface area contributed by atoms with Crippen LogP contribution >= 0.6 is 0 Å². The summed E-state index contributed by atoms with van der Waals surface area (Å²) in [6.07, 6.45) is 9.00. The monoisotopic (exact) mass is 227 g/mol. The van der Waals surface area contributed by atoms with Gasteiger partial charge < -0.3 is 4.98 Å². The second-order valence-electron chi connectivity index (χ2n) is 5.63. The van der Waals surface area contributed by atoms with Gasteiger partial charge in [-0.15, -0.1) is 0 Å². The molecule has 0 saturated heterocycles. The Morgan fingerprint density at radius 3 is 2.94 bits per heavy atom. The molecule has 90 valence electrons. The van der Waals surface area contributed by atoms with Crippen molar-refractivity contribution in [2.24, 2.45) is 5.92 Å². The van der Waals surface area contributed by atoms with Crippen molar-refractivity contribution in [1.82, 2.24) is 4.98 Å². The number of aromatic amines is 1.